The number of carbonyl (C=O) groups excluding carboxylic acids is 2. The van der Waals surface area contributed by atoms with Crippen LogP contribution >= 0.6 is 11.8 Å². The maximum atomic E-state index is 11.8. The summed E-state index contributed by atoms with van der Waals surface area (Å²) in [6.07, 6.45) is 1.42. The zero-order chi connectivity index (χ0) is 14.5. The summed E-state index contributed by atoms with van der Waals surface area (Å²) in [4.78, 5) is 31.8. The average molecular weight is 290 g/mol. The van der Waals surface area contributed by atoms with Crippen LogP contribution in [0.3, 0.4) is 0 Å². The van der Waals surface area contributed by atoms with Crippen molar-refractivity contribution < 1.29 is 14.3 Å². The van der Waals surface area contributed by atoms with E-state index in [0.717, 1.165) is 22.7 Å². The molecule has 0 amide bonds. The van der Waals surface area contributed by atoms with Crippen LogP contribution in [-0.4, -0.2) is 33.6 Å². The lowest BCUT2D eigenvalue weighted by Gasteiger charge is -2.12. The number of para-hydroxylation sites is 1. The Hall–Kier alpha value is -1.95. The number of esters is 1. The number of Topliss-reactive ketones (excluding diaryl/α,β-unsaturated/α-hetero) is 1. The molecule has 0 aliphatic rings. The average Bonchev–Trinajstić information content (AvgIpc) is 2.44. The Balaban J connectivity index is 2.34. The molecule has 5 nitrogen and oxygen atoms in total. The van der Waals surface area contributed by atoms with E-state index in [1.54, 1.807) is 6.92 Å². The van der Waals surface area contributed by atoms with E-state index in [2.05, 4.69) is 9.97 Å². The molecule has 0 bridgehead atoms. The van der Waals surface area contributed by atoms with Crippen LogP contribution in [0.5, 0.6) is 0 Å². The minimum Gasteiger partial charge on any atom is -0.465 e. The molecule has 0 saturated heterocycles. The molecule has 0 fully saturated rings. The summed E-state index contributed by atoms with van der Waals surface area (Å²) < 4.78 is 4.93. The van der Waals surface area contributed by atoms with Gasteiger partial charge in [0.2, 0.25) is 0 Å². The molecule has 1 unspecified atom stereocenters. The molecule has 104 valence electrons. The summed E-state index contributed by atoms with van der Waals surface area (Å²) in [6, 6.07) is 7.45. The molecule has 0 spiro atoms. The topological polar surface area (TPSA) is 69.2 Å². The summed E-state index contributed by atoms with van der Waals surface area (Å²) in [5.74, 6) is -0.788. The Bertz CT molecular complexity index is 640. The number of hydrogen-bond acceptors (Lipinski definition) is 6. The second-order valence-electron chi connectivity index (χ2n) is 4.06. The fourth-order valence-electron chi connectivity index (χ4n) is 1.70. The Kier molecular flexibility index (Phi) is 4.68. The second-order valence-corrected chi connectivity index (χ2v) is 5.15. The summed E-state index contributed by atoms with van der Waals surface area (Å²) in [7, 11) is 0. The van der Waals surface area contributed by atoms with Gasteiger partial charge in [0.15, 0.2) is 11.0 Å². The third-order valence-electron chi connectivity index (χ3n) is 2.61. The van der Waals surface area contributed by atoms with Crippen molar-refractivity contribution in [1.82, 2.24) is 9.97 Å². The molecule has 0 aliphatic carbocycles. The highest BCUT2D eigenvalue weighted by atomic mass is 32.2. The first-order valence-corrected chi connectivity index (χ1v) is 7.05. The third kappa shape index (κ3) is 3.14. The SMILES string of the molecule is CCOC(=O)C(Sc1ncnc2ccccc12)C(C)=O. The summed E-state index contributed by atoms with van der Waals surface area (Å²) in [6.45, 7) is 3.32. The quantitative estimate of drug-likeness (QED) is 0.364. The molecule has 1 heterocycles. The molecule has 0 radical (unpaired) electrons. The van der Waals surface area contributed by atoms with E-state index < -0.39 is 11.2 Å². The maximum Gasteiger partial charge on any atom is 0.327 e. The van der Waals surface area contributed by atoms with Gasteiger partial charge in [0, 0.05) is 5.39 Å². The summed E-state index contributed by atoms with van der Waals surface area (Å²) in [5.41, 5.74) is 0.774. The number of ether oxygens (including phenoxy) is 1. The van der Waals surface area contributed by atoms with Crippen molar-refractivity contribution in [3.63, 3.8) is 0 Å². The minimum absolute atomic E-state index is 0.244. The Labute approximate surface area is 120 Å². The van der Waals surface area contributed by atoms with E-state index >= 15 is 0 Å². The van der Waals surface area contributed by atoms with Crippen LogP contribution in [0.25, 0.3) is 10.9 Å². The van der Waals surface area contributed by atoms with Crippen molar-refractivity contribution in [3.8, 4) is 0 Å². The Morgan fingerprint density at radius 1 is 1.30 bits per heavy atom. The lowest BCUT2D eigenvalue weighted by atomic mass is 10.2. The Morgan fingerprint density at radius 2 is 2.05 bits per heavy atom. The molecule has 0 aliphatic heterocycles. The van der Waals surface area contributed by atoms with Gasteiger partial charge in [0.1, 0.15) is 11.4 Å². The first kappa shape index (κ1) is 14.5. The second kappa shape index (κ2) is 6.47. The van der Waals surface area contributed by atoms with Crippen molar-refractivity contribution in [1.29, 1.82) is 0 Å². The number of nitrogens with zero attached hydrogens (tertiary/aromatic N) is 2. The zero-order valence-electron chi connectivity index (χ0n) is 11.2. The lowest BCUT2D eigenvalue weighted by molar-refractivity contribution is -0.144. The lowest BCUT2D eigenvalue weighted by Crippen LogP contribution is -2.27. The van der Waals surface area contributed by atoms with E-state index in [9.17, 15) is 9.59 Å². The van der Waals surface area contributed by atoms with Crippen LogP contribution in [0.4, 0.5) is 0 Å². The first-order valence-electron chi connectivity index (χ1n) is 6.17. The van der Waals surface area contributed by atoms with Gasteiger partial charge in [-0.25, -0.2) is 9.97 Å². The molecule has 1 aromatic heterocycles. The number of carbonyl (C=O) groups is 2. The van der Waals surface area contributed by atoms with Crippen LogP contribution in [0.15, 0.2) is 35.6 Å². The molecular weight excluding hydrogens is 276 g/mol. The van der Waals surface area contributed by atoms with Crippen molar-refractivity contribution in [3.05, 3.63) is 30.6 Å². The minimum atomic E-state index is -0.895. The number of rotatable bonds is 5. The highest BCUT2D eigenvalue weighted by Crippen LogP contribution is 2.28. The van der Waals surface area contributed by atoms with Gasteiger partial charge < -0.3 is 4.74 Å². The highest BCUT2D eigenvalue weighted by Gasteiger charge is 2.27. The zero-order valence-corrected chi connectivity index (χ0v) is 12.0. The molecule has 2 rings (SSSR count). The first-order chi connectivity index (χ1) is 9.63. The van der Waals surface area contributed by atoms with Crippen LogP contribution in [0.2, 0.25) is 0 Å². The van der Waals surface area contributed by atoms with Gasteiger partial charge in [-0.05, 0) is 19.9 Å². The monoisotopic (exact) mass is 290 g/mol. The van der Waals surface area contributed by atoms with Crippen LogP contribution in [-0.2, 0) is 14.3 Å². The maximum absolute atomic E-state index is 11.8. The van der Waals surface area contributed by atoms with Gasteiger partial charge >= 0.3 is 5.97 Å². The molecule has 20 heavy (non-hydrogen) atoms. The van der Waals surface area contributed by atoms with E-state index in [4.69, 9.17) is 4.74 Å². The number of thioether (sulfide) groups is 1. The summed E-state index contributed by atoms with van der Waals surface area (Å²) >= 11 is 1.10. The standard InChI is InChI=1S/C14H14N2O3S/c1-3-19-14(18)12(9(2)17)20-13-10-6-4-5-7-11(10)15-8-16-13/h4-8,12H,3H2,1-2H3. The van der Waals surface area contributed by atoms with Gasteiger partial charge in [-0.1, -0.05) is 30.0 Å². The molecule has 1 atom stereocenters. The molecule has 0 N–H and O–H groups in total. The number of aromatic nitrogens is 2. The van der Waals surface area contributed by atoms with E-state index in [0.29, 0.717) is 5.03 Å². The molecule has 1 aromatic carbocycles. The number of fused-ring (bicyclic) bond motifs is 1. The Morgan fingerprint density at radius 3 is 2.75 bits per heavy atom. The largest absolute Gasteiger partial charge is 0.465 e. The van der Waals surface area contributed by atoms with Crippen LogP contribution in [0.1, 0.15) is 13.8 Å². The number of hydrogen-bond donors (Lipinski definition) is 0. The molecular formula is C14H14N2O3S. The van der Waals surface area contributed by atoms with Gasteiger partial charge in [-0.2, -0.15) is 0 Å². The van der Waals surface area contributed by atoms with E-state index in [-0.39, 0.29) is 12.4 Å². The van der Waals surface area contributed by atoms with Crippen molar-refractivity contribution in [2.24, 2.45) is 0 Å². The van der Waals surface area contributed by atoms with Crippen molar-refractivity contribution in [2.75, 3.05) is 6.61 Å². The number of benzene rings is 1. The number of ketones is 1. The fourth-order valence-corrected chi connectivity index (χ4v) is 2.66. The third-order valence-corrected chi connectivity index (χ3v) is 3.91. The smallest absolute Gasteiger partial charge is 0.327 e. The molecule has 2 aromatic rings. The highest BCUT2D eigenvalue weighted by molar-refractivity contribution is 8.01. The summed E-state index contributed by atoms with van der Waals surface area (Å²) in [5, 5.41) is 0.521. The normalized spacial score (nSPS) is 12.1. The van der Waals surface area contributed by atoms with Gasteiger partial charge in [0.05, 0.1) is 12.1 Å². The molecule has 6 heteroatoms. The van der Waals surface area contributed by atoms with Crippen molar-refractivity contribution >= 4 is 34.4 Å². The van der Waals surface area contributed by atoms with Crippen LogP contribution in [0, 0.1) is 0 Å². The van der Waals surface area contributed by atoms with Gasteiger partial charge in [-0.3, -0.25) is 9.59 Å². The van der Waals surface area contributed by atoms with E-state index in [1.165, 1.54) is 13.3 Å². The van der Waals surface area contributed by atoms with Crippen molar-refractivity contribution in [2.45, 2.75) is 24.1 Å². The molecule has 0 saturated carbocycles. The predicted molar refractivity (Wildman–Crippen MR) is 76.5 cm³/mol. The fraction of sp³-hybridized carbons (Fsp3) is 0.286. The van der Waals surface area contributed by atoms with Crippen LogP contribution < -0.4 is 0 Å². The predicted octanol–water partition coefficient (Wildman–Crippen LogP) is 2.24. The van der Waals surface area contributed by atoms with Gasteiger partial charge in [-0.15, -0.1) is 0 Å². The van der Waals surface area contributed by atoms with E-state index in [1.807, 2.05) is 24.3 Å². The van der Waals surface area contributed by atoms with Gasteiger partial charge in [0.25, 0.3) is 0 Å².